The van der Waals surface area contributed by atoms with Crippen molar-refractivity contribution in [1.29, 1.82) is 0 Å². The number of rotatable bonds is 5. The van der Waals surface area contributed by atoms with E-state index in [0.29, 0.717) is 0 Å². The molecule has 98 valence electrons. The minimum Gasteiger partial charge on any atom is -0.303 e. The van der Waals surface area contributed by atoms with Crippen molar-refractivity contribution >= 4 is 11.3 Å². The molecule has 18 heavy (non-hydrogen) atoms. The van der Waals surface area contributed by atoms with E-state index < -0.39 is 0 Å². The highest BCUT2D eigenvalue weighted by Crippen LogP contribution is 2.28. The van der Waals surface area contributed by atoms with Gasteiger partial charge in [0, 0.05) is 6.54 Å². The lowest BCUT2D eigenvalue weighted by atomic mass is 10.2. The summed E-state index contributed by atoms with van der Waals surface area (Å²) in [5.41, 5.74) is 1.08. The lowest BCUT2D eigenvalue weighted by molar-refractivity contribution is 0.534. The molecule has 0 radical (unpaired) electrons. The van der Waals surface area contributed by atoms with E-state index >= 15 is 0 Å². The lowest BCUT2D eigenvalue weighted by Gasteiger charge is -2.16. The van der Waals surface area contributed by atoms with Gasteiger partial charge in [-0.2, -0.15) is 5.10 Å². The summed E-state index contributed by atoms with van der Waals surface area (Å²) in [6, 6.07) is 0.0867. The number of thiazole rings is 1. The van der Waals surface area contributed by atoms with Crippen LogP contribution in [0.4, 0.5) is 0 Å². The van der Waals surface area contributed by atoms with Crippen molar-refractivity contribution in [2.45, 2.75) is 40.3 Å². The molecule has 0 aliphatic heterocycles. The van der Waals surface area contributed by atoms with Crippen LogP contribution < -0.4 is 5.32 Å². The Labute approximate surface area is 111 Å². The molecule has 2 heterocycles. The molecule has 0 bridgehead atoms. The molecule has 2 rings (SSSR count). The molecule has 1 unspecified atom stereocenters. The highest BCUT2D eigenvalue weighted by molar-refractivity contribution is 7.11. The number of aromatic nitrogens is 4. The smallest absolute Gasteiger partial charge is 0.149 e. The Morgan fingerprint density at radius 2 is 2.17 bits per heavy atom. The molecule has 1 atom stereocenters. The van der Waals surface area contributed by atoms with E-state index in [2.05, 4.69) is 41.2 Å². The Hall–Kier alpha value is -1.27. The first kappa shape index (κ1) is 13.2. The van der Waals surface area contributed by atoms with Gasteiger partial charge in [0.15, 0.2) is 0 Å². The maximum Gasteiger partial charge on any atom is 0.149 e. The van der Waals surface area contributed by atoms with Crippen molar-refractivity contribution in [3.05, 3.63) is 27.7 Å². The van der Waals surface area contributed by atoms with Gasteiger partial charge in [0.05, 0.1) is 15.6 Å². The Bertz CT molecular complexity index is 516. The molecule has 0 saturated carbocycles. The van der Waals surface area contributed by atoms with Crippen LogP contribution in [0.1, 0.15) is 41.3 Å². The predicted octanol–water partition coefficient (Wildman–Crippen LogP) is 2.07. The van der Waals surface area contributed by atoms with Crippen molar-refractivity contribution in [3.63, 3.8) is 0 Å². The van der Waals surface area contributed by atoms with Gasteiger partial charge in [-0.05, 0) is 27.3 Å². The molecule has 6 heteroatoms. The van der Waals surface area contributed by atoms with E-state index in [4.69, 9.17) is 0 Å². The molecular weight excluding hydrogens is 246 g/mol. The molecule has 0 fully saturated rings. The van der Waals surface area contributed by atoms with Gasteiger partial charge < -0.3 is 5.32 Å². The minimum atomic E-state index is 0.0867. The van der Waals surface area contributed by atoms with Crippen LogP contribution in [-0.2, 0) is 6.54 Å². The predicted molar refractivity (Wildman–Crippen MR) is 72.8 cm³/mol. The Morgan fingerprint density at radius 1 is 1.39 bits per heavy atom. The molecule has 2 aromatic heterocycles. The minimum absolute atomic E-state index is 0.0867. The van der Waals surface area contributed by atoms with E-state index in [1.807, 2.05) is 11.6 Å². The molecule has 1 N–H and O–H groups in total. The van der Waals surface area contributed by atoms with E-state index in [1.54, 1.807) is 17.7 Å². The van der Waals surface area contributed by atoms with Crippen LogP contribution in [0.3, 0.4) is 0 Å². The van der Waals surface area contributed by atoms with Crippen molar-refractivity contribution < 1.29 is 0 Å². The van der Waals surface area contributed by atoms with Crippen molar-refractivity contribution in [2.75, 3.05) is 6.54 Å². The Balaban J connectivity index is 2.42. The molecule has 0 amide bonds. The van der Waals surface area contributed by atoms with E-state index in [9.17, 15) is 0 Å². The largest absolute Gasteiger partial charge is 0.303 e. The third kappa shape index (κ3) is 2.44. The number of hydrogen-bond acceptors (Lipinski definition) is 5. The third-order valence-electron chi connectivity index (χ3n) is 2.81. The summed E-state index contributed by atoms with van der Waals surface area (Å²) >= 11 is 1.73. The maximum absolute atomic E-state index is 4.50. The van der Waals surface area contributed by atoms with Crippen LogP contribution >= 0.6 is 11.3 Å². The molecule has 0 spiro atoms. The molecule has 0 aliphatic carbocycles. The standard InChI is InChI=1S/C12H19N5S/c1-5-13-10(11-8(3)16-9(4)18-11)12-14-7-15-17(12)6-2/h7,10,13H,5-6H2,1-4H3. The number of aryl methyl sites for hydroxylation is 3. The van der Waals surface area contributed by atoms with Gasteiger partial charge in [0.25, 0.3) is 0 Å². The summed E-state index contributed by atoms with van der Waals surface area (Å²) in [5.74, 6) is 0.964. The highest BCUT2D eigenvalue weighted by atomic mass is 32.1. The van der Waals surface area contributed by atoms with E-state index in [-0.39, 0.29) is 6.04 Å². The van der Waals surface area contributed by atoms with Gasteiger partial charge in [-0.1, -0.05) is 6.92 Å². The lowest BCUT2D eigenvalue weighted by Crippen LogP contribution is -2.25. The van der Waals surface area contributed by atoms with Crippen LogP contribution in [0.2, 0.25) is 0 Å². The number of hydrogen-bond donors (Lipinski definition) is 1. The topological polar surface area (TPSA) is 55.6 Å². The van der Waals surface area contributed by atoms with E-state index in [1.165, 1.54) is 4.88 Å². The second-order valence-corrected chi connectivity index (χ2v) is 5.34. The zero-order valence-corrected chi connectivity index (χ0v) is 12.1. The summed E-state index contributed by atoms with van der Waals surface area (Å²) < 4.78 is 1.93. The fourth-order valence-electron chi connectivity index (χ4n) is 2.06. The van der Waals surface area contributed by atoms with Crippen molar-refractivity contribution in [3.8, 4) is 0 Å². The van der Waals surface area contributed by atoms with Crippen LogP contribution in [0.5, 0.6) is 0 Å². The Morgan fingerprint density at radius 3 is 2.72 bits per heavy atom. The molecule has 2 aromatic rings. The number of nitrogens with one attached hydrogen (secondary N) is 1. The summed E-state index contributed by atoms with van der Waals surface area (Å²) in [6.45, 7) is 9.98. The highest BCUT2D eigenvalue weighted by Gasteiger charge is 2.23. The van der Waals surface area contributed by atoms with Gasteiger partial charge in [0.2, 0.25) is 0 Å². The first-order valence-corrected chi connectivity index (χ1v) is 7.04. The fraction of sp³-hybridized carbons (Fsp3) is 0.583. The average molecular weight is 265 g/mol. The maximum atomic E-state index is 4.50. The monoisotopic (exact) mass is 265 g/mol. The van der Waals surface area contributed by atoms with Crippen molar-refractivity contribution in [1.82, 2.24) is 25.1 Å². The second-order valence-electron chi connectivity index (χ2n) is 4.11. The van der Waals surface area contributed by atoms with Gasteiger partial charge in [-0.25, -0.2) is 14.6 Å². The first-order valence-electron chi connectivity index (χ1n) is 6.22. The summed E-state index contributed by atoms with van der Waals surface area (Å²) in [4.78, 5) is 10.1. The second kappa shape index (κ2) is 5.58. The van der Waals surface area contributed by atoms with Crippen LogP contribution in [-0.4, -0.2) is 26.3 Å². The van der Waals surface area contributed by atoms with Gasteiger partial charge >= 0.3 is 0 Å². The summed E-state index contributed by atoms with van der Waals surface area (Å²) in [7, 11) is 0. The SMILES string of the molecule is CCNC(c1sc(C)nc1C)c1ncnn1CC. The zero-order valence-electron chi connectivity index (χ0n) is 11.3. The fourth-order valence-corrected chi connectivity index (χ4v) is 3.06. The average Bonchev–Trinajstić information content (AvgIpc) is 2.92. The van der Waals surface area contributed by atoms with E-state index in [0.717, 1.165) is 29.6 Å². The van der Waals surface area contributed by atoms with Crippen LogP contribution in [0.25, 0.3) is 0 Å². The van der Waals surface area contributed by atoms with Gasteiger partial charge in [-0.15, -0.1) is 11.3 Å². The zero-order chi connectivity index (χ0) is 13.1. The Kier molecular flexibility index (Phi) is 4.08. The molecule has 0 aliphatic rings. The molecular formula is C12H19N5S. The van der Waals surface area contributed by atoms with Gasteiger partial charge in [0.1, 0.15) is 18.2 Å². The number of nitrogens with zero attached hydrogens (tertiary/aromatic N) is 4. The quantitative estimate of drug-likeness (QED) is 0.899. The normalized spacial score (nSPS) is 12.9. The summed E-state index contributed by atoms with van der Waals surface area (Å²) in [6.07, 6.45) is 1.62. The molecule has 5 nitrogen and oxygen atoms in total. The summed E-state index contributed by atoms with van der Waals surface area (Å²) in [5, 5.41) is 8.82. The third-order valence-corrected chi connectivity index (χ3v) is 3.95. The van der Waals surface area contributed by atoms with Crippen molar-refractivity contribution in [2.24, 2.45) is 0 Å². The van der Waals surface area contributed by atoms with Gasteiger partial charge in [-0.3, -0.25) is 0 Å². The first-order chi connectivity index (χ1) is 8.67. The molecule has 0 saturated heterocycles. The van der Waals surface area contributed by atoms with Crippen LogP contribution in [0, 0.1) is 13.8 Å². The van der Waals surface area contributed by atoms with Crippen LogP contribution in [0.15, 0.2) is 6.33 Å². The molecule has 0 aromatic carbocycles.